The molecule has 1 aliphatic heterocycles. The average molecular weight is 342 g/mol. The summed E-state index contributed by atoms with van der Waals surface area (Å²) in [6.07, 6.45) is 0. The molecule has 1 heterocycles. The van der Waals surface area contributed by atoms with Crippen LogP contribution in [0, 0.1) is 0 Å². The van der Waals surface area contributed by atoms with Crippen molar-refractivity contribution in [2.24, 2.45) is 5.10 Å². The number of amides is 2. The molecule has 2 aromatic rings. The summed E-state index contributed by atoms with van der Waals surface area (Å²) in [5.41, 5.74) is 3.01. The van der Waals surface area contributed by atoms with Gasteiger partial charge in [0.25, 0.3) is 0 Å². The molecule has 0 unspecified atom stereocenters. The molecule has 0 bridgehead atoms. The van der Waals surface area contributed by atoms with Gasteiger partial charge in [-0.3, -0.25) is 0 Å². The van der Waals surface area contributed by atoms with Crippen molar-refractivity contribution in [1.29, 1.82) is 0 Å². The first-order valence-electron chi connectivity index (χ1n) is 8.02. The molecule has 4 nitrogen and oxygen atoms in total. The maximum Gasteiger partial charge on any atom is 0.338 e. The lowest BCUT2D eigenvalue weighted by Crippen LogP contribution is -2.39. The van der Waals surface area contributed by atoms with Gasteiger partial charge in [-0.25, -0.2) is 9.80 Å². The van der Waals surface area contributed by atoms with Crippen molar-refractivity contribution in [1.82, 2.24) is 10.3 Å². The number of benzene rings is 2. The molecule has 1 aliphatic rings. The standard InChI is InChI=1S/C19H20ClN3O/c1-13(2)21-19(24)23-12-17(14-6-4-3-5-7-14)18(22-23)15-8-10-16(20)11-9-15/h3-11,13,17H,12H2,1-2H3,(H,21,24)/t17-/m1/s1. The first-order valence-corrected chi connectivity index (χ1v) is 8.40. The second kappa shape index (κ2) is 7.05. The molecule has 0 spiro atoms. The van der Waals surface area contributed by atoms with E-state index in [1.54, 1.807) is 0 Å². The Kier molecular flexibility index (Phi) is 4.86. The molecule has 0 saturated carbocycles. The van der Waals surface area contributed by atoms with Crippen molar-refractivity contribution in [2.45, 2.75) is 25.8 Å². The lowest BCUT2D eigenvalue weighted by Gasteiger charge is -2.17. The predicted octanol–water partition coefficient (Wildman–Crippen LogP) is 4.26. The lowest BCUT2D eigenvalue weighted by molar-refractivity contribution is 0.201. The third-order valence-corrected chi connectivity index (χ3v) is 4.15. The number of nitrogens with one attached hydrogen (secondary N) is 1. The zero-order valence-electron chi connectivity index (χ0n) is 13.7. The van der Waals surface area contributed by atoms with Gasteiger partial charge in [-0.05, 0) is 37.1 Å². The van der Waals surface area contributed by atoms with E-state index >= 15 is 0 Å². The number of halogens is 1. The van der Waals surface area contributed by atoms with E-state index < -0.39 is 0 Å². The highest BCUT2D eigenvalue weighted by Gasteiger charge is 2.32. The number of urea groups is 1. The fraction of sp³-hybridized carbons (Fsp3) is 0.263. The molecule has 124 valence electrons. The van der Waals surface area contributed by atoms with Gasteiger partial charge < -0.3 is 5.32 Å². The van der Waals surface area contributed by atoms with E-state index in [1.807, 2.05) is 56.3 Å². The molecule has 2 amide bonds. The quantitative estimate of drug-likeness (QED) is 0.890. The van der Waals surface area contributed by atoms with E-state index in [0.717, 1.165) is 16.8 Å². The van der Waals surface area contributed by atoms with Crippen molar-refractivity contribution < 1.29 is 4.79 Å². The first-order chi connectivity index (χ1) is 11.5. The Labute approximate surface area is 147 Å². The molecular weight excluding hydrogens is 322 g/mol. The number of rotatable bonds is 3. The minimum Gasteiger partial charge on any atom is -0.334 e. The molecule has 24 heavy (non-hydrogen) atoms. The van der Waals surface area contributed by atoms with E-state index in [1.165, 1.54) is 5.01 Å². The van der Waals surface area contributed by atoms with Crippen LogP contribution in [0.3, 0.4) is 0 Å². The molecule has 0 radical (unpaired) electrons. The number of carbonyl (C=O) groups is 1. The second-order valence-corrected chi connectivity index (χ2v) is 6.58. The van der Waals surface area contributed by atoms with Crippen LogP contribution in [0.15, 0.2) is 59.7 Å². The highest BCUT2D eigenvalue weighted by molar-refractivity contribution is 6.30. The van der Waals surface area contributed by atoms with Gasteiger partial charge in [0, 0.05) is 17.0 Å². The van der Waals surface area contributed by atoms with Crippen LogP contribution in [0.25, 0.3) is 0 Å². The maximum absolute atomic E-state index is 12.4. The highest BCUT2D eigenvalue weighted by Crippen LogP contribution is 2.29. The minimum atomic E-state index is -0.171. The predicted molar refractivity (Wildman–Crippen MR) is 97.5 cm³/mol. The van der Waals surface area contributed by atoms with Crippen molar-refractivity contribution in [2.75, 3.05) is 6.54 Å². The topological polar surface area (TPSA) is 44.7 Å². The Morgan fingerprint density at radius 1 is 1.17 bits per heavy atom. The summed E-state index contributed by atoms with van der Waals surface area (Å²) in [6, 6.07) is 17.6. The lowest BCUT2D eigenvalue weighted by atomic mass is 9.91. The summed E-state index contributed by atoms with van der Waals surface area (Å²) < 4.78 is 0. The molecule has 1 atom stereocenters. The monoisotopic (exact) mass is 341 g/mol. The van der Waals surface area contributed by atoms with Gasteiger partial charge in [-0.15, -0.1) is 0 Å². The normalized spacial score (nSPS) is 17.1. The number of hydrogen-bond acceptors (Lipinski definition) is 2. The number of carbonyl (C=O) groups excluding carboxylic acids is 1. The molecule has 1 N–H and O–H groups in total. The number of nitrogens with zero attached hydrogens (tertiary/aromatic N) is 2. The van der Waals surface area contributed by atoms with E-state index in [-0.39, 0.29) is 18.0 Å². The molecule has 0 aliphatic carbocycles. The van der Waals surface area contributed by atoms with Gasteiger partial charge in [0.05, 0.1) is 12.3 Å². The van der Waals surface area contributed by atoms with Crippen LogP contribution in [0.4, 0.5) is 4.79 Å². The fourth-order valence-electron chi connectivity index (χ4n) is 2.78. The zero-order valence-corrected chi connectivity index (χ0v) is 14.5. The van der Waals surface area contributed by atoms with Crippen molar-refractivity contribution in [3.05, 3.63) is 70.7 Å². The smallest absolute Gasteiger partial charge is 0.334 e. The first kappa shape index (κ1) is 16.5. The van der Waals surface area contributed by atoms with Crippen LogP contribution in [-0.2, 0) is 0 Å². The number of hydrazone groups is 1. The van der Waals surface area contributed by atoms with E-state index in [0.29, 0.717) is 11.6 Å². The SMILES string of the molecule is CC(C)NC(=O)N1C[C@H](c2ccccc2)C(c2ccc(Cl)cc2)=N1. The summed E-state index contributed by atoms with van der Waals surface area (Å²) in [4.78, 5) is 12.4. The number of hydrogen-bond donors (Lipinski definition) is 1. The van der Waals surface area contributed by atoms with Gasteiger partial charge in [-0.1, -0.05) is 54.1 Å². The molecule has 0 aromatic heterocycles. The van der Waals surface area contributed by atoms with Crippen LogP contribution < -0.4 is 5.32 Å². The van der Waals surface area contributed by atoms with Crippen LogP contribution >= 0.6 is 11.6 Å². The van der Waals surface area contributed by atoms with Gasteiger partial charge in [0.1, 0.15) is 0 Å². The average Bonchev–Trinajstić information content (AvgIpc) is 3.01. The summed E-state index contributed by atoms with van der Waals surface area (Å²) >= 11 is 5.99. The van der Waals surface area contributed by atoms with Crippen molar-refractivity contribution >= 4 is 23.3 Å². The summed E-state index contributed by atoms with van der Waals surface area (Å²) in [7, 11) is 0. The largest absolute Gasteiger partial charge is 0.338 e. The second-order valence-electron chi connectivity index (χ2n) is 6.14. The third kappa shape index (κ3) is 3.60. The molecule has 0 saturated heterocycles. The van der Waals surface area contributed by atoms with E-state index in [2.05, 4.69) is 22.6 Å². The Balaban J connectivity index is 1.94. The van der Waals surface area contributed by atoms with E-state index in [9.17, 15) is 4.79 Å². The minimum absolute atomic E-state index is 0.0466. The van der Waals surface area contributed by atoms with Gasteiger partial charge >= 0.3 is 6.03 Å². The van der Waals surface area contributed by atoms with Gasteiger partial charge in [0.15, 0.2) is 0 Å². The zero-order chi connectivity index (χ0) is 17.1. The molecule has 0 fully saturated rings. The Morgan fingerprint density at radius 3 is 2.46 bits per heavy atom. The van der Waals surface area contributed by atoms with Crippen molar-refractivity contribution in [3.63, 3.8) is 0 Å². The highest BCUT2D eigenvalue weighted by atomic mass is 35.5. The molecule has 2 aromatic carbocycles. The van der Waals surface area contributed by atoms with Gasteiger partial charge in [-0.2, -0.15) is 5.10 Å². The molecular formula is C19H20ClN3O. The van der Waals surface area contributed by atoms with Crippen LogP contribution in [0.5, 0.6) is 0 Å². The molecule has 3 rings (SSSR count). The van der Waals surface area contributed by atoms with Gasteiger partial charge in [0.2, 0.25) is 0 Å². The van der Waals surface area contributed by atoms with Crippen LogP contribution in [0.1, 0.15) is 30.9 Å². The Bertz CT molecular complexity index is 741. The summed E-state index contributed by atoms with van der Waals surface area (Å²) in [5, 5.41) is 9.69. The molecule has 5 heteroatoms. The summed E-state index contributed by atoms with van der Waals surface area (Å²) in [6.45, 7) is 4.40. The maximum atomic E-state index is 12.4. The van der Waals surface area contributed by atoms with Crippen molar-refractivity contribution in [3.8, 4) is 0 Å². The fourth-order valence-corrected chi connectivity index (χ4v) is 2.90. The van der Waals surface area contributed by atoms with Crippen LogP contribution in [0.2, 0.25) is 5.02 Å². The Morgan fingerprint density at radius 2 is 1.83 bits per heavy atom. The van der Waals surface area contributed by atoms with E-state index in [4.69, 9.17) is 11.6 Å². The Hall–Kier alpha value is -2.33. The third-order valence-electron chi connectivity index (χ3n) is 3.90. The van der Waals surface area contributed by atoms with Crippen LogP contribution in [-0.4, -0.2) is 29.3 Å². The summed E-state index contributed by atoms with van der Waals surface area (Å²) in [5.74, 6) is 0.0466.